The van der Waals surface area contributed by atoms with Gasteiger partial charge in [0.15, 0.2) is 5.78 Å². The Kier molecular flexibility index (Phi) is 6.87. The van der Waals surface area contributed by atoms with E-state index in [-0.39, 0.29) is 18.8 Å². The lowest BCUT2D eigenvalue weighted by Crippen LogP contribution is -2.19. The third-order valence-corrected chi connectivity index (χ3v) is 5.85. The smallest absolute Gasteiger partial charge is 0.368 e. The first-order chi connectivity index (χ1) is 12.3. The van der Waals surface area contributed by atoms with Gasteiger partial charge in [-0.2, -0.15) is 13.2 Å². The first-order valence-corrected chi connectivity index (χ1v) is 9.79. The Bertz CT molecular complexity index is 743. The minimum atomic E-state index is -4.60. The van der Waals surface area contributed by atoms with Crippen LogP contribution < -0.4 is 5.32 Å². The molecule has 0 spiro atoms. The zero-order valence-corrected chi connectivity index (χ0v) is 15.4. The van der Waals surface area contributed by atoms with E-state index in [1.807, 2.05) is 0 Å². The normalized spacial score (nSPS) is 13.4. The van der Waals surface area contributed by atoms with Gasteiger partial charge in [0.25, 0.3) is 0 Å². The van der Waals surface area contributed by atoms with Crippen molar-refractivity contribution in [1.82, 2.24) is 0 Å². The van der Waals surface area contributed by atoms with Crippen LogP contribution in [0.25, 0.3) is 0 Å². The molecule has 0 heterocycles. The van der Waals surface area contributed by atoms with Crippen LogP contribution in [0.5, 0.6) is 0 Å². The van der Waals surface area contributed by atoms with Crippen LogP contribution in [0.15, 0.2) is 54.6 Å². The topological polar surface area (TPSA) is 47.6 Å². The Hall–Kier alpha value is -1.82. The Labute approximate surface area is 150 Å². The molecular weight excluding hydrogens is 366 g/mol. The fourth-order valence-electron chi connectivity index (χ4n) is 2.56. The maximum Gasteiger partial charge on any atom is 0.416 e. The highest BCUT2D eigenvalue weighted by Gasteiger charge is 2.43. The van der Waals surface area contributed by atoms with Crippen LogP contribution in [0.1, 0.15) is 30.8 Å². The van der Waals surface area contributed by atoms with Crippen molar-refractivity contribution in [3.05, 3.63) is 65.7 Å². The molecule has 26 heavy (non-hydrogen) atoms. The van der Waals surface area contributed by atoms with Gasteiger partial charge in [0.2, 0.25) is 0 Å². The van der Waals surface area contributed by atoms with Crippen LogP contribution >= 0.6 is 7.60 Å². The lowest BCUT2D eigenvalue weighted by atomic mass is 10.1. The number of anilines is 1. The minimum Gasteiger partial charge on any atom is -0.368 e. The molecule has 2 aromatic rings. The molecule has 0 aliphatic carbocycles. The van der Waals surface area contributed by atoms with Crippen LogP contribution in [0, 0.1) is 0 Å². The van der Waals surface area contributed by atoms with Gasteiger partial charge in [0.1, 0.15) is 0 Å². The summed E-state index contributed by atoms with van der Waals surface area (Å²) in [4.78, 5) is 0. The van der Waals surface area contributed by atoms with E-state index in [0.29, 0.717) is 5.69 Å². The summed E-state index contributed by atoms with van der Waals surface area (Å²) in [5.74, 6) is -1.30. The molecule has 0 aliphatic rings. The molecule has 2 aromatic carbocycles. The predicted octanol–water partition coefficient (Wildman–Crippen LogP) is 6.08. The van der Waals surface area contributed by atoms with Crippen LogP contribution in [-0.2, 0) is 19.8 Å². The maximum atomic E-state index is 13.5. The van der Waals surface area contributed by atoms with Crippen molar-refractivity contribution >= 4 is 13.3 Å². The van der Waals surface area contributed by atoms with Crippen LogP contribution in [0.2, 0.25) is 0 Å². The summed E-state index contributed by atoms with van der Waals surface area (Å²) in [6.45, 7) is 3.30. The van der Waals surface area contributed by atoms with E-state index in [0.717, 1.165) is 6.07 Å². The molecule has 0 aromatic heterocycles. The Morgan fingerprint density at radius 2 is 1.50 bits per heavy atom. The van der Waals surface area contributed by atoms with E-state index in [1.165, 1.54) is 18.2 Å². The largest absolute Gasteiger partial charge is 0.416 e. The molecule has 0 unspecified atom stereocenters. The molecule has 142 valence electrons. The third kappa shape index (κ3) is 4.87. The summed E-state index contributed by atoms with van der Waals surface area (Å²) in [5.41, 5.74) is -0.559. The second-order valence-corrected chi connectivity index (χ2v) is 7.49. The average molecular weight is 387 g/mol. The monoisotopic (exact) mass is 387 g/mol. The molecule has 2 rings (SSSR count). The second-order valence-electron chi connectivity index (χ2n) is 5.37. The third-order valence-electron chi connectivity index (χ3n) is 3.57. The van der Waals surface area contributed by atoms with E-state index in [1.54, 1.807) is 44.2 Å². The number of alkyl halides is 3. The van der Waals surface area contributed by atoms with Gasteiger partial charge in [0, 0.05) is 5.69 Å². The zero-order chi connectivity index (χ0) is 19.2. The Morgan fingerprint density at radius 1 is 0.962 bits per heavy atom. The van der Waals surface area contributed by atoms with Crippen molar-refractivity contribution in [1.29, 1.82) is 0 Å². The summed E-state index contributed by atoms with van der Waals surface area (Å²) >= 11 is 0. The van der Waals surface area contributed by atoms with Crippen LogP contribution in [0.3, 0.4) is 0 Å². The van der Waals surface area contributed by atoms with Crippen molar-refractivity contribution in [2.45, 2.75) is 25.8 Å². The minimum absolute atomic E-state index is 0.0401. The fourth-order valence-corrected chi connectivity index (χ4v) is 4.52. The number of nitrogens with one attached hydrogen (secondary N) is 1. The van der Waals surface area contributed by atoms with Crippen molar-refractivity contribution < 1.29 is 26.8 Å². The molecule has 1 N–H and O–H groups in total. The lowest BCUT2D eigenvalue weighted by molar-refractivity contribution is -0.138. The van der Waals surface area contributed by atoms with Gasteiger partial charge < -0.3 is 14.4 Å². The molecular formula is C18H21F3NO3P. The number of halogens is 3. The van der Waals surface area contributed by atoms with Gasteiger partial charge in [-0.1, -0.05) is 36.4 Å². The average Bonchev–Trinajstić information content (AvgIpc) is 2.60. The Balaban J connectivity index is 2.59. The molecule has 4 nitrogen and oxygen atoms in total. The number of hydrogen-bond acceptors (Lipinski definition) is 4. The summed E-state index contributed by atoms with van der Waals surface area (Å²) in [6, 6.07) is 13.6. The summed E-state index contributed by atoms with van der Waals surface area (Å²) in [6.07, 6.45) is -4.60. The lowest BCUT2D eigenvalue weighted by Gasteiger charge is -2.30. The summed E-state index contributed by atoms with van der Waals surface area (Å²) in [7, 11) is -3.92. The van der Waals surface area contributed by atoms with E-state index in [4.69, 9.17) is 9.05 Å². The standard InChI is InChI=1S/C18H21F3NO3P/c1-3-24-26(23,25-4-2)17(22-14-10-6-5-7-11-14)15-12-8-9-13-16(15)18(19,20)21/h5-13,17,22H,3-4H2,1-2H3/t17-/m1/s1. The first-order valence-electron chi connectivity index (χ1n) is 8.18. The zero-order valence-electron chi connectivity index (χ0n) is 14.5. The van der Waals surface area contributed by atoms with Crippen molar-refractivity contribution in [3.63, 3.8) is 0 Å². The van der Waals surface area contributed by atoms with Crippen molar-refractivity contribution in [3.8, 4) is 0 Å². The number of para-hydroxylation sites is 1. The SMILES string of the molecule is CCOP(=O)(OCC)[C@@H](Nc1ccccc1)c1ccccc1C(F)(F)F. The molecule has 0 saturated carbocycles. The molecule has 8 heteroatoms. The molecule has 0 aliphatic heterocycles. The predicted molar refractivity (Wildman–Crippen MR) is 95.1 cm³/mol. The molecule has 0 fully saturated rings. The van der Waals surface area contributed by atoms with Gasteiger partial charge in [0.05, 0.1) is 18.8 Å². The van der Waals surface area contributed by atoms with Gasteiger partial charge in [-0.3, -0.25) is 4.57 Å². The first kappa shape index (κ1) is 20.5. The van der Waals surface area contributed by atoms with Gasteiger partial charge in [-0.05, 0) is 37.6 Å². The summed E-state index contributed by atoms with van der Waals surface area (Å²) < 4.78 is 64.5. The van der Waals surface area contributed by atoms with E-state index >= 15 is 0 Å². The highest BCUT2D eigenvalue weighted by Crippen LogP contribution is 2.62. The number of benzene rings is 2. The number of rotatable bonds is 8. The van der Waals surface area contributed by atoms with E-state index in [2.05, 4.69) is 5.32 Å². The molecule has 0 radical (unpaired) electrons. The van der Waals surface area contributed by atoms with Crippen molar-refractivity contribution in [2.75, 3.05) is 18.5 Å². The molecule has 0 amide bonds. The quantitative estimate of drug-likeness (QED) is 0.558. The van der Waals surface area contributed by atoms with Gasteiger partial charge in [-0.15, -0.1) is 0 Å². The molecule has 1 atom stereocenters. The fraction of sp³-hybridized carbons (Fsp3) is 0.333. The number of hydrogen-bond donors (Lipinski definition) is 1. The highest BCUT2D eigenvalue weighted by molar-refractivity contribution is 7.54. The van der Waals surface area contributed by atoms with Gasteiger partial charge >= 0.3 is 13.8 Å². The van der Waals surface area contributed by atoms with E-state index in [9.17, 15) is 17.7 Å². The van der Waals surface area contributed by atoms with Gasteiger partial charge in [-0.25, -0.2) is 0 Å². The van der Waals surface area contributed by atoms with E-state index < -0.39 is 25.1 Å². The Morgan fingerprint density at radius 3 is 2.04 bits per heavy atom. The van der Waals surface area contributed by atoms with Crippen LogP contribution in [-0.4, -0.2) is 13.2 Å². The highest BCUT2D eigenvalue weighted by atomic mass is 31.2. The van der Waals surface area contributed by atoms with Crippen molar-refractivity contribution in [2.24, 2.45) is 0 Å². The second kappa shape index (κ2) is 8.71. The molecule has 0 saturated heterocycles. The van der Waals surface area contributed by atoms with Crippen LogP contribution in [0.4, 0.5) is 18.9 Å². The maximum absolute atomic E-state index is 13.5. The molecule has 0 bridgehead atoms. The summed E-state index contributed by atoms with van der Waals surface area (Å²) in [5, 5.41) is 2.90.